The summed E-state index contributed by atoms with van der Waals surface area (Å²) in [5, 5.41) is 6.13. The molecule has 0 saturated carbocycles. The Hall–Kier alpha value is -2.30. The van der Waals surface area contributed by atoms with E-state index in [0.717, 1.165) is 12.8 Å². The van der Waals surface area contributed by atoms with Gasteiger partial charge in [-0.2, -0.15) is 13.1 Å². The van der Waals surface area contributed by atoms with Crippen LogP contribution in [0.4, 0.5) is 20.2 Å². The molecule has 2 N–H and O–H groups in total. The van der Waals surface area contributed by atoms with Crippen molar-refractivity contribution in [2.24, 2.45) is 0 Å². The van der Waals surface area contributed by atoms with Crippen LogP contribution in [0.2, 0.25) is 0 Å². The van der Waals surface area contributed by atoms with Crippen LogP contribution in [0.1, 0.15) is 12.8 Å². The molecule has 1 heterocycles. The standard InChI is InChI=1S/C18H19F2N3O3S2/c19-17(20)26-15-7-3-13(4-8-15)21-18(27)22-14-5-9-16(10-6-14)28(24,25)23-11-1-2-12-23/h3-10,17H,1-2,11-12H2,(H2,21,22,27). The molecule has 2 aromatic carbocycles. The smallest absolute Gasteiger partial charge is 0.387 e. The van der Waals surface area contributed by atoms with Crippen molar-refractivity contribution < 1.29 is 21.9 Å². The number of alkyl halides is 2. The van der Waals surface area contributed by atoms with Gasteiger partial charge in [0.25, 0.3) is 0 Å². The lowest BCUT2D eigenvalue weighted by molar-refractivity contribution is -0.0498. The third kappa shape index (κ3) is 5.15. The zero-order valence-corrected chi connectivity index (χ0v) is 16.4. The van der Waals surface area contributed by atoms with E-state index < -0.39 is 16.6 Å². The summed E-state index contributed by atoms with van der Waals surface area (Å²) in [6, 6.07) is 12.2. The second-order valence-corrected chi connectivity index (χ2v) is 8.46. The summed E-state index contributed by atoms with van der Waals surface area (Å²) in [5.41, 5.74) is 1.21. The molecule has 150 valence electrons. The minimum Gasteiger partial charge on any atom is -0.435 e. The van der Waals surface area contributed by atoms with Gasteiger partial charge in [-0.15, -0.1) is 0 Å². The Morgan fingerprint density at radius 3 is 1.96 bits per heavy atom. The molecule has 1 aliphatic heterocycles. The molecule has 0 amide bonds. The number of benzene rings is 2. The number of thiocarbonyl (C=S) groups is 1. The lowest BCUT2D eigenvalue weighted by atomic mass is 10.3. The van der Waals surface area contributed by atoms with Crippen molar-refractivity contribution in [1.82, 2.24) is 4.31 Å². The summed E-state index contributed by atoms with van der Waals surface area (Å²) in [4.78, 5) is 0.244. The SMILES string of the molecule is O=S(=O)(c1ccc(NC(=S)Nc2ccc(OC(F)F)cc2)cc1)N1CCCC1. The van der Waals surface area contributed by atoms with Gasteiger partial charge in [-0.3, -0.25) is 0 Å². The Kier molecular flexibility index (Phi) is 6.42. The van der Waals surface area contributed by atoms with E-state index >= 15 is 0 Å². The van der Waals surface area contributed by atoms with Crippen LogP contribution in [0, 0.1) is 0 Å². The van der Waals surface area contributed by atoms with Gasteiger partial charge >= 0.3 is 6.61 Å². The Bertz CT molecular complexity index is 914. The first-order chi connectivity index (χ1) is 13.3. The highest BCUT2D eigenvalue weighted by atomic mass is 32.2. The fourth-order valence-corrected chi connectivity index (χ4v) is 4.55. The van der Waals surface area contributed by atoms with Crippen LogP contribution in [0.3, 0.4) is 0 Å². The first-order valence-electron chi connectivity index (χ1n) is 8.58. The Balaban J connectivity index is 1.58. The van der Waals surface area contributed by atoms with E-state index in [1.54, 1.807) is 24.3 Å². The van der Waals surface area contributed by atoms with E-state index in [1.165, 1.54) is 28.6 Å². The normalized spacial score (nSPS) is 14.8. The van der Waals surface area contributed by atoms with Gasteiger partial charge in [0.1, 0.15) is 5.75 Å². The Morgan fingerprint density at radius 2 is 1.46 bits per heavy atom. The molecule has 0 unspecified atom stereocenters. The van der Waals surface area contributed by atoms with Gasteiger partial charge < -0.3 is 15.4 Å². The molecule has 10 heteroatoms. The van der Waals surface area contributed by atoms with Crippen LogP contribution in [0.15, 0.2) is 53.4 Å². The van der Waals surface area contributed by atoms with Crippen molar-refractivity contribution >= 4 is 38.7 Å². The van der Waals surface area contributed by atoms with Crippen molar-refractivity contribution in [2.75, 3.05) is 23.7 Å². The van der Waals surface area contributed by atoms with Crippen molar-refractivity contribution in [2.45, 2.75) is 24.3 Å². The van der Waals surface area contributed by atoms with Crippen LogP contribution < -0.4 is 15.4 Å². The van der Waals surface area contributed by atoms with Crippen molar-refractivity contribution in [3.8, 4) is 5.75 Å². The van der Waals surface area contributed by atoms with Gasteiger partial charge in [0.05, 0.1) is 4.90 Å². The van der Waals surface area contributed by atoms with Gasteiger partial charge in [0.2, 0.25) is 10.0 Å². The number of hydrogen-bond acceptors (Lipinski definition) is 4. The van der Waals surface area contributed by atoms with Crippen molar-refractivity contribution in [3.05, 3.63) is 48.5 Å². The highest BCUT2D eigenvalue weighted by Gasteiger charge is 2.26. The number of hydrogen-bond donors (Lipinski definition) is 2. The molecule has 28 heavy (non-hydrogen) atoms. The highest BCUT2D eigenvalue weighted by molar-refractivity contribution is 7.89. The maximum Gasteiger partial charge on any atom is 0.387 e. The number of anilines is 2. The number of nitrogens with zero attached hydrogens (tertiary/aromatic N) is 1. The molecule has 1 fully saturated rings. The Labute approximate surface area is 167 Å². The molecule has 0 atom stereocenters. The summed E-state index contributed by atoms with van der Waals surface area (Å²) in [5.74, 6) is 0.0502. The zero-order valence-electron chi connectivity index (χ0n) is 14.8. The lowest BCUT2D eigenvalue weighted by Crippen LogP contribution is -2.27. The average Bonchev–Trinajstić information content (AvgIpc) is 3.19. The maximum absolute atomic E-state index is 12.5. The van der Waals surface area contributed by atoms with E-state index in [9.17, 15) is 17.2 Å². The van der Waals surface area contributed by atoms with Crippen LogP contribution in [-0.2, 0) is 10.0 Å². The summed E-state index contributed by atoms with van der Waals surface area (Å²) < 4.78 is 55.1. The molecular formula is C18H19F2N3O3S2. The summed E-state index contributed by atoms with van der Waals surface area (Å²) in [6.07, 6.45) is 1.77. The van der Waals surface area contributed by atoms with E-state index in [2.05, 4.69) is 15.4 Å². The first kappa shape index (κ1) is 20.4. The third-order valence-electron chi connectivity index (χ3n) is 4.15. The number of nitrogens with one attached hydrogen (secondary N) is 2. The largest absolute Gasteiger partial charge is 0.435 e. The monoisotopic (exact) mass is 427 g/mol. The van der Waals surface area contributed by atoms with Crippen LogP contribution in [0.25, 0.3) is 0 Å². The number of ether oxygens (including phenoxy) is 1. The van der Waals surface area contributed by atoms with Crippen LogP contribution in [0.5, 0.6) is 5.75 Å². The molecule has 0 spiro atoms. The fourth-order valence-electron chi connectivity index (χ4n) is 2.80. The maximum atomic E-state index is 12.5. The summed E-state index contributed by atoms with van der Waals surface area (Å²) in [6.45, 7) is -1.77. The predicted molar refractivity (Wildman–Crippen MR) is 107 cm³/mol. The molecule has 0 bridgehead atoms. The summed E-state index contributed by atoms with van der Waals surface area (Å²) >= 11 is 5.21. The van der Waals surface area contributed by atoms with Crippen molar-refractivity contribution in [3.63, 3.8) is 0 Å². The van der Waals surface area contributed by atoms with Gasteiger partial charge in [-0.25, -0.2) is 8.42 Å². The van der Waals surface area contributed by atoms with Gasteiger partial charge in [-0.05, 0) is 73.6 Å². The molecular weight excluding hydrogens is 408 g/mol. The van der Waals surface area contributed by atoms with Crippen LogP contribution >= 0.6 is 12.2 Å². The molecule has 3 rings (SSSR count). The number of sulfonamides is 1. The van der Waals surface area contributed by atoms with Gasteiger partial charge in [0, 0.05) is 24.5 Å². The molecule has 2 aromatic rings. The van der Waals surface area contributed by atoms with Crippen LogP contribution in [-0.4, -0.2) is 37.5 Å². The van der Waals surface area contributed by atoms with E-state index in [-0.39, 0.29) is 15.8 Å². The molecule has 6 nitrogen and oxygen atoms in total. The quantitative estimate of drug-likeness (QED) is 0.682. The first-order valence-corrected chi connectivity index (χ1v) is 10.4. The minimum atomic E-state index is -3.45. The lowest BCUT2D eigenvalue weighted by Gasteiger charge is -2.16. The topological polar surface area (TPSA) is 70.7 Å². The molecule has 1 aliphatic rings. The van der Waals surface area contributed by atoms with Crippen molar-refractivity contribution in [1.29, 1.82) is 0 Å². The number of rotatable bonds is 6. The number of halogens is 2. The summed E-state index contributed by atoms with van der Waals surface area (Å²) in [7, 11) is -3.45. The minimum absolute atomic E-state index is 0.0502. The van der Waals surface area contributed by atoms with E-state index in [0.29, 0.717) is 24.5 Å². The second-order valence-electron chi connectivity index (χ2n) is 6.12. The van der Waals surface area contributed by atoms with E-state index in [4.69, 9.17) is 12.2 Å². The molecule has 1 saturated heterocycles. The highest BCUT2D eigenvalue weighted by Crippen LogP contribution is 2.22. The average molecular weight is 427 g/mol. The predicted octanol–water partition coefficient (Wildman–Crippen LogP) is 3.88. The van der Waals surface area contributed by atoms with Gasteiger partial charge in [0.15, 0.2) is 5.11 Å². The third-order valence-corrected chi connectivity index (χ3v) is 6.27. The van der Waals surface area contributed by atoms with E-state index in [1.807, 2.05) is 0 Å². The Morgan fingerprint density at radius 1 is 0.964 bits per heavy atom. The zero-order chi connectivity index (χ0) is 20.1. The molecule has 0 radical (unpaired) electrons. The molecule has 0 aromatic heterocycles. The second kappa shape index (κ2) is 8.80. The van der Waals surface area contributed by atoms with Gasteiger partial charge in [-0.1, -0.05) is 0 Å². The molecule has 0 aliphatic carbocycles. The fraction of sp³-hybridized carbons (Fsp3) is 0.278.